The van der Waals surface area contributed by atoms with Gasteiger partial charge in [0.05, 0.1) is 11.8 Å². The first-order valence-corrected chi connectivity index (χ1v) is 17.5. The number of nitrogens with one attached hydrogen (secondary N) is 2. The molecule has 0 fully saturated rings. The van der Waals surface area contributed by atoms with E-state index in [-0.39, 0.29) is 23.8 Å². The van der Waals surface area contributed by atoms with Gasteiger partial charge in [0.1, 0.15) is 11.5 Å². The zero-order valence-electron chi connectivity index (χ0n) is 28.7. The summed E-state index contributed by atoms with van der Waals surface area (Å²) in [5, 5.41) is 0. The Kier molecular flexibility index (Phi) is 12.1. The normalized spacial score (nSPS) is 12.4. The summed E-state index contributed by atoms with van der Waals surface area (Å²) < 4.78 is 11.4. The molecule has 5 aromatic rings. The molecule has 5 rings (SSSR count). The second-order valence-corrected chi connectivity index (χ2v) is 12.6. The third-order valence-corrected chi connectivity index (χ3v) is 9.13. The molecule has 0 aliphatic carbocycles. The number of aromatic amines is 2. The van der Waals surface area contributed by atoms with Gasteiger partial charge in [0.15, 0.2) is 0 Å². The number of esters is 2. The first kappa shape index (κ1) is 34.5. The molecule has 2 atom stereocenters. The molecular formula is C42H48N2O4. The monoisotopic (exact) mass is 644 g/mol. The van der Waals surface area contributed by atoms with Crippen LogP contribution in [0.5, 0.6) is 11.5 Å². The highest BCUT2D eigenvalue weighted by atomic mass is 16.5. The lowest BCUT2D eigenvalue weighted by Crippen LogP contribution is -2.19. The maximum Gasteiger partial charge on any atom is 0.314 e. The Morgan fingerprint density at radius 1 is 0.542 bits per heavy atom. The standard InChI is InChI=1S/C42H48N2O4/c1-5-9-12-29(7-3)41(45)47-37-20-16-31(17-21-37)39-25-35(27-43-39)33-14-11-15-34(24-33)36-26-40(44-28-36)32-18-22-38(23-19-32)48-42(46)30(8-4)13-10-6-2/h11,14-30,43-44H,5-10,12-13H2,1-4H3. The van der Waals surface area contributed by atoms with Crippen molar-refractivity contribution >= 4 is 11.9 Å². The summed E-state index contributed by atoms with van der Waals surface area (Å²) in [6, 6.07) is 28.1. The minimum atomic E-state index is -0.144. The first-order chi connectivity index (χ1) is 23.4. The summed E-state index contributed by atoms with van der Waals surface area (Å²) >= 11 is 0. The number of benzene rings is 3. The Bertz CT molecular complexity index is 1640. The van der Waals surface area contributed by atoms with Crippen LogP contribution in [0.3, 0.4) is 0 Å². The van der Waals surface area contributed by atoms with E-state index in [0.717, 1.165) is 96.1 Å². The van der Waals surface area contributed by atoms with Crippen LogP contribution in [-0.2, 0) is 9.59 Å². The smallest absolute Gasteiger partial charge is 0.314 e. The van der Waals surface area contributed by atoms with Crippen LogP contribution >= 0.6 is 0 Å². The van der Waals surface area contributed by atoms with E-state index < -0.39 is 0 Å². The molecule has 0 aliphatic rings. The lowest BCUT2D eigenvalue weighted by atomic mass is 10.00. The van der Waals surface area contributed by atoms with Gasteiger partial charge in [-0.05, 0) is 126 Å². The Morgan fingerprint density at radius 2 is 0.958 bits per heavy atom. The SMILES string of the molecule is CCCCC(CC)C(=O)Oc1ccc(-c2cc(-c3cccc(-c4c[nH]c(-c5ccc(OC(=O)C(CC)CCCC)cc5)c4)c3)c[nH]2)cc1. The molecule has 6 heteroatoms. The number of carbonyl (C=O) groups is 2. The van der Waals surface area contributed by atoms with Gasteiger partial charge in [0.2, 0.25) is 0 Å². The van der Waals surface area contributed by atoms with Crippen LogP contribution in [-0.4, -0.2) is 21.9 Å². The van der Waals surface area contributed by atoms with Gasteiger partial charge in [-0.1, -0.05) is 71.6 Å². The zero-order chi connectivity index (χ0) is 33.9. The van der Waals surface area contributed by atoms with Crippen molar-refractivity contribution in [2.75, 3.05) is 0 Å². The van der Waals surface area contributed by atoms with Crippen LogP contribution in [0.4, 0.5) is 0 Å². The highest BCUT2D eigenvalue weighted by Gasteiger charge is 2.19. The summed E-state index contributed by atoms with van der Waals surface area (Å²) in [6.07, 6.45) is 11.6. The molecule has 0 aliphatic heterocycles. The number of rotatable bonds is 16. The Hall–Kier alpha value is -4.84. The quantitative estimate of drug-likeness (QED) is 0.0827. The molecule has 6 nitrogen and oxygen atoms in total. The summed E-state index contributed by atoms with van der Waals surface area (Å²) in [4.78, 5) is 32.0. The summed E-state index contributed by atoms with van der Waals surface area (Å²) in [7, 11) is 0. The molecule has 0 saturated heterocycles. The molecule has 0 radical (unpaired) electrons. The van der Waals surface area contributed by atoms with Crippen molar-refractivity contribution in [1.29, 1.82) is 0 Å². The summed E-state index contributed by atoms with van der Waals surface area (Å²) in [5.74, 6) is 0.755. The van der Waals surface area contributed by atoms with Crippen molar-refractivity contribution < 1.29 is 19.1 Å². The Morgan fingerprint density at radius 3 is 1.33 bits per heavy atom. The van der Waals surface area contributed by atoms with E-state index in [0.29, 0.717) is 11.5 Å². The average molecular weight is 645 g/mol. The highest BCUT2D eigenvalue weighted by Crippen LogP contribution is 2.32. The van der Waals surface area contributed by atoms with E-state index in [1.165, 1.54) is 0 Å². The lowest BCUT2D eigenvalue weighted by molar-refractivity contribution is -0.140. The van der Waals surface area contributed by atoms with Gasteiger partial charge in [-0.25, -0.2) is 0 Å². The van der Waals surface area contributed by atoms with Crippen molar-refractivity contribution in [1.82, 2.24) is 9.97 Å². The number of hydrogen-bond acceptors (Lipinski definition) is 4. The number of carbonyl (C=O) groups excluding carboxylic acids is 2. The predicted octanol–water partition coefficient (Wildman–Crippen LogP) is 11.3. The van der Waals surface area contributed by atoms with E-state index in [2.05, 4.69) is 60.2 Å². The van der Waals surface area contributed by atoms with Crippen LogP contribution < -0.4 is 9.47 Å². The zero-order valence-corrected chi connectivity index (χ0v) is 28.7. The van der Waals surface area contributed by atoms with Crippen molar-refractivity contribution in [2.45, 2.75) is 79.1 Å². The molecule has 3 aromatic carbocycles. The van der Waals surface area contributed by atoms with Crippen LogP contribution in [0, 0.1) is 11.8 Å². The topological polar surface area (TPSA) is 84.2 Å². The third kappa shape index (κ3) is 8.74. The van der Waals surface area contributed by atoms with Crippen molar-refractivity contribution in [3.63, 3.8) is 0 Å². The largest absolute Gasteiger partial charge is 0.426 e. The van der Waals surface area contributed by atoms with Crippen LogP contribution in [0.15, 0.2) is 97.3 Å². The van der Waals surface area contributed by atoms with Crippen LogP contribution in [0.2, 0.25) is 0 Å². The highest BCUT2D eigenvalue weighted by molar-refractivity contribution is 5.79. The molecular weight excluding hydrogens is 596 g/mol. The number of H-pyrrole nitrogens is 2. The number of hydrogen-bond donors (Lipinski definition) is 2. The Labute approximate surface area is 284 Å². The van der Waals surface area contributed by atoms with Gasteiger partial charge < -0.3 is 19.4 Å². The molecule has 2 N–H and O–H groups in total. The fourth-order valence-corrected chi connectivity index (χ4v) is 6.02. The fraction of sp³-hybridized carbons (Fsp3) is 0.333. The maximum absolute atomic E-state index is 12.6. The summed E-state index contributed by atoms with van der Waals surface area (Å²) in [6.45, 7) is 8.35. The third-order valence-electron chi connectivity index (χ3n) is 9.13. The summed E-state index contributed by atoms with van der Waals surface area (Å²) in [5.41, 5.74) is 8.42. The van der Waals surface area contributed by atoms with E-state index in [1.807, 2.05) is 74.8 Å². The Balaban J connectivity index is 1.23. The van der Waals surface area contributed by atoms with Gasteiger partial charge in [-0.15, -0.1) is 0 Å². The van der Waals surface area contributed by atoms with Crippen molar-refractivity contribution in [3.8, 4) is 56.3 Å². The van der Waals surface area contributed by atoms with E-state index in [4.69, 9.17) is 9.47 Å². The fourth-order valence-electron chi connectivity index (χ4n) is 6.02. The van der Waals surface area contributed by atoms with Crippen LogP contribution in [0.1, 0.15) is 79.1 Å². The van der Waals surface area contributed by atoms with Crippen molar-refractivity contribution in [2.24, 2.45) is 11.8 Å². The second-order valence-electron chi connectivity index (χ2n) is 12.6. The van der Waals surface area contributed by atoms with Gasteiger partial charge >= 0.3 is 11.9 Å². The average Bonchev–Trinajstić information content (AvgIpc) is 3.81. The van der Waals surface area contributed by atoms with E-state index in [1.54, 1.807) is 0 Å². The molecule has 0 spiro atoms. The van der Waals surface area contributed by atoms with Gasteiger partial charge in [0.25, 0.3) is 0 Å². The molecule has 2 heterocycles. The minimum absolute atomic E-state index is 0.0532. The number of aromatic nitrogens is 2. The van der Waals surface area contributed by atoms with Gasteiger partial charge in [-0.2, -0.15) is 0 Å². The van der Waals surface area contributed by atoms with Gasteiger partial charge in [0, 0.05) is 23.8 Å². The van der Waals surface area contributed by atoms with Gasteiger partial charge in [-0.3, -0.25) is 9.59 Å². The first-order valence-electron chi connectivity index (χ1n) is 17.5. The maximum atomic E-state index is 12.6. The molecule has 2 unspecified atom stereocenters. The van der Waals surface area contributed by atoms with E-state index >= 15 is 0 Å². The molecule has 0 saturated carbocycles. The lowest BCUT2D eigenvalue weighted by Gasteiger charge is -2.13. The molecule has 0 bridgehead atoms. The number of unbranched alkanes of at least 4 members (excludes halogenated alkanes) is 2. The predicted molar refractivity (Wildman–Crippen MR) is 195 cm³/mol. The van der Waals surface area contributed by atoms with Crippen LogP contribution in [0.25, 0.3) is 44.8 Å². The minimum Gasteiger partial charge on any atom is -0.426 e. The molecule has 0 amide bonds. The second kappa shape index (κ2) is 16.8. The molecule has 2 aromatic heterocycles. The molecule has 48 heavy (non-hydrogen) atoms. The molecule has 250 valence electrons. The number of ether oxygens (including phenoxy) is 2. The van der Waals surface area contributed by atoms with E-state index in [9.17, 15) is 9.59 Å². The van der Waals surface area contributed by atoms with Crippen molar-refractivity contribution in [3.05, 3.63) is 97.3 Å².